The number of anilines is 3. The van der Waals surface area contributed by atoms with E-state index < -0.39 is 0 Å². The first-order valence-corrected chi connectivity index (χ1v) is 7.79. The van der Waals surface area contributed by atoms with E-state index in [1.165, 1.54) is 0 Å². The summed E-state index contributed by atoms with van der Waals surface area (Å²) < 4.78 is 5.39. The SMILES string of the molecule is CN(c1ccc(Cl)cc1)c1cc(N2CCOCC2)cnc1C#N. The number of morpholine rings is 1. The van der Waals surface area contributed by atoms with E-state index in [9.17, 15) is 5.26 Å². The van der Waals surface area contributed by atoms with Crippen LogP contribution in [0.5, 0.6) is 0 Å². The number of benzene rings is 1. The van der Waals surface area contributed by atoms with Crippen LogP contribution in [0.4, 0.5) is 17.1 Å². The number of nitriles is 1. The van der Waals surface area contributed by atoms with E-state index in [1.54, 1.807) is 6.20 Å². The lowest BCUT2D eigenvalue weighted by atomic mass is 10.2. The molecule has 0 spiro atoms. The number of hydrogen-bond acceptors (Lipinski definition) is 5. The molecule has 1 saturated heterocycles. The van der Waals surface area contributed by atoms with Crippen LogP contribution in [-0.2, 0) is 4.74 Å². The van der Waals surface area contributed by atoms with Gasteiger partial charge in [-0.3, -0.25) is 0 Å². The Morgan fingerprint density at radius 2 is 1.96 bits per heavy atom. The van der Waals surface area contributed by atoms with Gasteiger partial charge in [-0.25, -0.2) is 4.98 Å². The molecule has 5 nitrogen and oxygen atoms in total. The molecule has 0 bridgehead atoms. The second-order valence-corrected chi connectivity index (χ2v) is 5.74. The third-order valence-electron chi connectivity index (χ3n) is 3.91. The van der Waals surface area contributed by atoms with Crippen molar-refractivity contribution in [2.24, 2.45) is 0 Å². The Kier molecular flexibility index (Phi) is 4.65. The van der Waals surface area contributed by atoms with Crippen molar-refractivity contribution in [3.05, 3.63) is 47.2 Å². The molecule has 118 valence electrons. The zero-order valence-electron chi connectivity index (χ0n) is 12.9. The van der Waals surface area contributed by atoms with Gasteiger partial charge in [0, 0.05) is 30.8 Å². The van der Waals surface area contributed by atoms with Gasteiger partial charge in [0.05, 0.1) is 30.8 Å². The van der Waals surface area contributed by atoms with E-state index in [0.717, 1.165) is 30.2 Å². The molecule has 23 heavy (non-hydrogen) atoms. The molecule has 1 aromatic carbocycles. The average molecular weight is 329 g/mol. The van der Waals surface area contributed by atoms with Gasteiger partial charge in [0.2, 0.25) is 0 Å². The molecule has 1 aliphatic heterocycles. The molecule has 0 atom stereocenters. The van der Waals surface area contributed by atoms with Gasteiger partial charge in [-0.2, -0.15) is 5.26 Å². The van der Waals surface area contributed by atoms with E-state index in [4.69, 9.17) is 16.3 Å². The summed E-state index contributed by atoms with van der Waals surface area (Å²) in [4.78, 5) is 8.49. The molecule has 0 radical (unpaired) electrons. The average Bonchev–Trinajstić information content (AvgIpc) is 2.62. The fourth-order valence-corrected chi connectivity index (χ4v) is 2.71. The summed E-state index contributed by atoms with van der Waals surface area (Å²) in [6.45, 7) is 3.08. The van der Waals surface area contributed by atoms with Crippen LogP contribution in [0.15, 0.2) is 36.5 Å². The molecule has 1 aliphatic rings. The van der Waals surface area contributed by atoms with Gasteiger partial charge >= 0.3 is 0 Å². The van der Waals surface area contributed by atoms with Gasteiger partial charge in [0.1, 0.15) is 6.07 Å². The van der Waals surface area contributed by atoms with Crippen LogP contribution in [0.1, 0.15) is 5.69 Å². The lowest BCUT2D eigenvalue weighted by molar-refractivity contribution is 0.122. The molecule has 0 N–H and O–H groups in total. The number of hydrogen-bond donors (Lipinski definition) is 0. The van der Waals surface area contributed by atoms with Crippen molar-refractivity contribution in [1.82, 2.24) is 4.98 Å². The lowest BCUT2D eigenvalue weighted by Gasteiger charge is -2.30. The minimum Gasteiger partial charge on any atom is -0.378 e. The first-order valence-electron chi connectivity index (χ1n) is 7.41. The molecular weight excluding hydrogens is 312 g/mol. The molecule has 0 unspecified atom stereocenters. The summed E-state index contributed by atoms with van der Waals surface area (Å²) in [6, 6.07) is 11.7. The van der Waals surface area contributed by atoms with Gasteiger partial charge in [-0.15, -0.1) is 0 Å². The molecule has 1 aromatic heterocycles. The number of ether oxygens (including phenoxy) is 1. The Morgan fingerprint density at radius 3 is 2.61 bits per heavy atom. The van der Waals surface area contributed by atoms with Crippen LogP contribution in [0.2, 0.25) is 5.02 Å². The molecule has 0 saturated carbocycles. The number of aromatic nitrogens is 1. The molecule has 1 fully saturated rings. The highest BCUT2D eigenvalue weighted by atomic mass is 35.5. The summed E-state index contributed by atoms with van der Waals surface area (Å²) >= 11 is 5.95. The fourth-order valence-electron chi connectivity index (χ4n) is 2.58. The predicted octanol–water partition coefficient (Wildman–Crippen LogP) is 3.21. The number of pyridine rings is 1. The van der Waals surface area contributed by atoms with Crippen LogP contribution < -0.4 is 9.80 Å². The van der Waals surface area contributed by atoms with Crippen LogP contribution in [0, 0.1) is 11.3 Å². The minimum atomic E-state index is 0.402. The molecular formula is C17H17ClN4O. The van der Waals surface area contributed by atoms with E-state index in [2.05, 4.69) is 16.0 Å². The van der Waals surface area contributed by atoms with Crippen LogP contribution in [0.3, 0.4) is 0 Å². The number of nitrogens with zero attached hydrogens (tertiary/aromatic N) is 4. The maximum atomic E-state index is 9.37. The third kappa shape index (κ3) is 3.39. The van der Waals surface area contributed by atoms with Crippen molar-refractivity contribution in [3.63, 3.8) is 0 Å². The molecule has 2 heterocycles. The largest absolute Gasteiger partial charge is 0.378 e. The fraction of sp³-hybridized carbons (Fsp3) is 0.294. The monoisotopic (exact) mass is 328 g/mol. The number of halogens is 1. The van der Waals surface area contributed by atoms with Crippen LogP contribution in [-0.4, -0.2) is 38.3 Å². The minimum absolute atomic E-state index is 0.402. The van der Waals surface area contributed by atoms with E-state index in [-0.39, 0.29) is 0 Å². The highest BCUT2D eigenvalue weighted by Gasteiger charge is 2.16. The van der Waals surface area contributed by atoms with Crippen molar-refractivity contribution in [2.45, 2.75) is 0 Å². The molecule has 0 aliphatic carbocycles. The summed E-state index contributed by atoms with van der Waals surface area (Å²) in [5, 5.41) is 10.0. The third-order valence-corrected chi connectivity index (χ3v) is 4.16. The Balaban J connectivity index is 1.95. The molecule has 3 rings (SSSR count). The van der Waals surface area contributed by atoms with Crippen molar-refractivity contribution < 1.29 is 4.74 Å². The van der Waals surface area contributed by atoms with Gasteiger partial charge < -0.3 is 14.5 Å². The Labute approximate surface area is 140 Å². The van der Waals surface area contributed by atoms with Gasteiger partial charge in [-0.1, -0.05) is 11.6 Å². The van der Waals surface area contributed by atoms with Crippen LogP contribution in [0.25, 0.3) is 0 Å². The van der Waals surface area contributed by atoms with Crippen molar-refractivity contribution in [3.8, 4) is 6.07 Å². The predicted molar refractivity (Wildman–Crippen MR) is 91.5 cm³/mol. The second-order valence-electron chi connectivity index (χ2n) is 5.31. The zero-order valence-corrected chi connectivity index (χ0v) is 13.6. The zero-order chi connectivity index (χ0) is 16.2. The Hall–Kier alpha value is -2.29. The standard InChI is InChI=1S/C17H17ClN4O/c1-21(14-4-2-13(18)3-5-14)17-10-15(12-20-16(17)11-19)22-6-8-23-9-7-22/h2-5,10,12H,6-9H2,1H3. The Morgan fingerprint density at radius 1 is 1.26 bits per heavy atom. The maximum absolute atomic E-state index is 9.37. The number of rotatable bonds is 3. The first kappa shape index (κ1) is 15.6. The summed E-state index contributed by atoms with van der Waals surface area (Å²) in [7, 11) is 1.92. The molecule has 2 aromatic rings. The second kappa shape index (κ2) is 6.86. The lowest BCUT2D eigenvalue weighted by Crippen LogP contribution is -2.36. The summed E-state index contributed by atoms with van der Waals surface area (Å²) in [6.07, 6.45) is 1.75. The van der Waals surface area contributed by atoms with Crippen molar-refractivity contribution >= 4 is 28.7 Å². The van der Waals surface area contributed by atoms with Gasteiger partial charge in [0.15, 0.2) is 5.69 Å². The topological polar surface area (TPSA) is 52.4 Å². The van der Waals surface area contributed by atoms with Gasteiger partial charge in [-0.05, 0) is 30.3 Å². The molecule has 0 amide bonds. The van der Waals surface area contributed by atoms with Gasteiger partial charge in [0.25, 0.3) is 0 Å². The summed E-state index contributed by atoms with van der Waals surface area (Å²) in [5.74, 6) is 0. The molecule has 6 heteroatoms. The first-order chi connectivity index (χ1) is 11.2. The van der Waals surface area contributed by atoms with Crippen molar-refractivity contribution in [1.29, 1.82) is 5.26 Å². The van der Waals surface area contributed by atoms with Crippen molar-refractivity contribution in [2.75, 3.05) is 43.2 Å². The summed E-state index contributed by atoms with van der Waals surface area (Å²) in [5.41, 5.74) is 3.13. The van der Waals surface area contributed by atoms with E-state index in [0.29, 0.717) is 23.9 Å². The quantitative estimate of drug-likeness (QED) is 0.866. The van der Waals surface area contributed by atoms with E-state index in [1.807, 2.05) is 42.3 Å². The van der Waals surface area contributed by atoms with E-state index >= 15 is 0 Å². The Bertz CT molecular complexity index is 720. The highest BCUT2D eigenvalue weighted by molar-refractivity contribution is 6.30. The van der Waals surface area contributed by atoms with Crippen LogP contribution >= 0.6 is 11.6 Å². The highest BCUT2D eigenvalue weighted by Crippen LogP contribution is 2.30. The normalized spacial score (nSPS) is 14.4. The smallest absolute Gasteiger partial charge is 0.164 e. The maximum Gasteiger partial charge on any atom is 0.164 e.